The van der Waals surface area contributed by atoms with Crippen LogP contribution >= 0.6 is 12.4 Å². The summed E-state index contributed by atoms with van der Waals surface area (Å²) >= 11 is 0. The lowest BCUT2D eigenvalue weighted by atomic mass is 9.79. The van der Waals surface area contributed by atoms with Crippen LogP contribution in [0.2, 0.25) is 0 Å². The zero-order chi connectivity index (χ0) is 11.8. The molecule has 1 aliphatic heterocycles. The van der Waals surface area contributed by atoms with Crippen molar-refractivity contribution >= 4 is 18.3 Å². The van der Waals surface area contributed by atoms with Gasteiger partial charge in [-0.15, -0.1) is 12.4 Å². The Balaban J connectivity index is 0.00000144. The number of aromatic amines is 1. The Kier molecular flexibility index (Phi) is 4.16. The van der Waals surface area contributed by atoms with Gasteiger partial charge in [-0.1, -0.05) is 13.8 Å². The number of nitrogens with two attached hydrogens (primary N) is 1. The van der Waals surface area contributed by atoms with Crippen molar-refractivity contribution in [2.45, 2.75) is 26.3 Å². The van der Waals surface area contributed by atoms with Crippen molar-refractivity contribution in [1.29, 1.82) is 0 Å². The Hall–Kier alpha value is -1.07. The van der Waals surface area contributed by atoms with Gasteiger partial charge in [0.15, 0.2) is 0 Å². The molecule has 1 amide bonds. The van der Waals surface area contributed by atoms with E-state index in [1.54, 1.807) is 12.3 Å². The minimum absolute atomic E-state index is 0. The number of halogens is 1. The highest BCUT2D eigenvalue weighted by molar-refractivity contribution is 5.92. The van der Waals surface area contributed by atoms with Gasteiger partial charge >= 0.3 is 0 Å². The Morgan fingerprint density at radius 1 is 1.65 bits per heavy atom. The molecule has 1 fully saturated rings. The first kappa shape index (κ1) is 14.0. The molecule has 1 saturated heterocycles. The molecule has 1 atom stereocenters. The number of carbonyl (C=O) groups excluding carboxylic acids is 1. The summed E-state index contributed by atoms with van der Waals surface area (Å²) in [7, 11) is 0. The number of rotatable bonds is 1. The second-order valence-electron chi connectivity index (χ2n) is 5.08. The first-order valence-electron chi connectivity index (χ1n) is 5.55. The molecule has 0 aliphatic carbocycles. The van der Waals surface area contributed by atoms with Crippen molar-refractivity contribution in [3.63, 3.8) is 0 Å². The van der Waals surface area contributed by atoms with Gasteiger partial charge in [-0.3, -0.25) is 9.89 Å². The van der Waals surface area contributed by atoms with E-state index >= 15 is 0 Å². The van der Waals surface area contributed by atoms with Crippen LogP contribution in [0.15, 0.2) is 12.3 Å². The quantitative estimate of drug-likeness (QED) is 0.790. The predicted octanol–water partition coefficient (Wildman–Crippen LogP) is 1.03. The van der Waals surface area contributed by atoms with Crippen LogP contribution in [-0.2, 0) is 0 Å². The summed E-state index contributed by atoms with van der Waals surface area (Å²) in [6.07, 6.45) is 2.45. The van der Waals surface area contributed by atoms with Crippen molar-refractivity contribution in [1.82, 2.24) is 15.1 Å². The van der Waals surface area contributed by atoms with Crippen LogP contribution in [0.3, 0.4) is 0 Å². The van der Waals surface area contributed by atoms with E-state index in [0.717, 1.165) is 13.0 Å². The smallest absolute Gasteiger partial charge is 0.271 e. The maximum Gasteiger partial charge on any atom is 0.271 e. The number of piperidine rings is 1. The first-order valence-corrected chi connectivity index (χ1v) is 5.55. The Morgan fingerprint density at radius 2 is 2.35 bits per heavy atom. The van der Waals surface area contributed by atoms with Crippen molar-refractivity contribution in [3.05, 3.63) is 18.0 Å². The van der Waals surface area contributed by atoms with Crippen LogP contribution in [0, 0.1) is 5.41 Å². The molecule has 0 radical (unpaired) electrons. The standard InChI is InChI=1S/C11H18N4O.ClH/c1-11(2)7-15(6-4-9(11)12)10(16)8-3-5-13-14-8;/h3,5,9H,4,6-7,12H2,1-2H3,(H,13,14);1H. The van der Waals surface area contributed by atoms with Gasteiger partial charge in [-0.2, -0.15) is 5.10 Å². The number of amides is 1. The number of likely N-dealkylation sites (tertiary alicyclic amines) is 1. The molecule has 1 aromatic rings. The number of hydrogen-bond acceptors (Lipinski definition) is 3. The zero-order valence-electron chi connectivity index (χ0n) is 10.1. The minimum Gasteiger partial charge on any atom is -0.337 e. The van der Waals surface area contributed by atoms with Crippen molar-refractivity contribution in [3.8, 4) is 0 Å². The monoisotopic (exact) mass is 258 g/mol. The van der Waals surface area contributed by atoms with Crippen LogP contribution in [0.1, 0.15) is 30.8 Å². The highest BCUT2D eigenvalue weighted by atomic mass is 35.5. The summed E-state index contributed by atoms with van der Waals surface area (Å²) in [5.74, 6) is 0.0116. The Labute approximate surface area is 107 Å². The normalized spacial score (nSPS) is 23.0. The van der Waals surface area contributed by atoms with Crippen LogP contribution in [0.25, 0.3) is 0 Å². The van der Waals surface area contributed by atoms with Crippen molar-refractivity contribution < 1.29 is 4.79 Å². The van der Waals surface area contributed by atoms with Gasteiger partial charge in [-0.05, 0) is 17.9 Å². The third kappa shape index (κ3) is 2.79. The fraction of sp³-hybridized carbons (Fsp3) is 0.636. The summed E-state index contributed by atoms with van der Waals surface area (Å²) in [4.78, 5) is 13.9. The first-order chi connectivity index (χ1) is 7.50. The average Bonchev–Trinajstić information content (AvgIpc) is 2.74. The summed E-state index contributed by atoms with van der Waals surface area (Å²) in [5.41, 5.74) is 6.56. The second-order valence-corrected chi connectivity index (χ2v) is 5.08. The molecular weight excluding hydrogens is 240 g/mol. The Morgan fingerprint density at radius 3 is 2.88 bits per heavy atom. The maximum atomic E-state index is 12.1. The second kappa shape index (κ2) is 5.06. The molecule has 5 nitrogen and oxygen atoms in total. The molecule has 1 aromatic heterocycles. The third-order valence-corrected chi connectivity index (χ3v) is 3.33. The van der Waals surface area contributed by atoms with Crippen LogP contribution in [0.4, 0.5) is 0 Å². The molecular formula is C11H19ClN4O. The lowest BCUT2D eigenvalue weighted by Gasteiger charge is -2.42. The van der Waals surface area contributed by atoms with Gasteiger partial charge < -0.3 is 10.6 Å². The van der Waals surface area contributed by atoms with E-state index < -0.39 is 0 Å². The SMILES string of the molecule is CC1(C)CN(C(=O)c2ccn[nH]2)CCC1N.Cl. The van der Waals surface area contributed by atoms with Crippen LogP contribution < -0.4 is 5.73 Å². The number of H-pyrrole nitrogens is 1. The molecule has 0 bridgehead atoms. The summed E-state index contributed by atoms with van der Waals surface area (Å²) < 4.78 is 0. The fourth-order valence-corrected chi connectivity index (χ4v) is 2.09. The van der Waals surface area contributed by atoms with E-state index in [4.69, 9.17) is 5.73 Å². The number of nitrogens with zero attached hydrogens (tertiary/aromatic N) is 2. The van der Waals surface area contributed by atoms with Gasteiger partial charge in [0.2, 0.25) is 0 Å². The number of aromatic nitrogens is 2. The molecule has 0 aromatic carbocycles. The largest absolute Gasteiger partial charge is 0.337 e. The highest BCUT2D eigenvalue weighted by Gasteiger charge is 2.35. The molecule has 1 unspecified atom stereocenters. The van der Waals surface area contributed by atoms with Gasteiger partial charge in [0, 0.05) is 25.3 Å². The zero-order valence-corrected chi connectivity index (χ0v) is 11.0. The van der Waals surface area contributed by atoms with Gasteiger partial charge in [-0.25, -0.2) is 0 Å². The van der Waals surface area contributed by atoms with Crippen molar-refractivity contribution in [2.24, 2.45) is 11.1 Å². The molecule has 0 spiro atoms. The van der Waals surface area contributed by atoms with E-state index in [1.165, 1.54) is 0 Å². The lowest BCUT2D eigenvalue weighted by Crippen LogP contribution is -2.54. The predicted molar refractivity (Wildman–Crippen MR) is 68.1 cm³/mol. The molecule has 3 N–H and O–H groups in total. The van der Waals surface area contributed by atoms with E-state index in [1.807, 2.05) is 4.90 Å². The van der Waals surface area contributed by atoms with Gasteiger partial charge in [0.05, 0.1) is 0 Å². The molecule has 2 rings (SSSR count). The Bertz CT molecular complexity index is 377. The average molecular weight is 259 g/mol. The highest BCUT2D eigenvalue weighted by Crippen LogP contribution is 2.28. The molecule has 2 heterocycles. The molecule has 0 saturated carbocycles. The molecule has 1 aliphatic rings. The van der Waals surface area contributed by atoms with Gasteiger partial charge in [0.1, 0.15) is 5.69 Å². The topological polar surface area (TPSA) is 75.0 Å². The van der Waals surface area contributed by atoms with E-state index in [9.17, 15) is 4.79 Å². The van der Waals surface area contributed by atoms with E-state index in [2.05, 4.69) is 24.0 Å². The number of carbonyl (C=O) groups is 1. The summed E-state index contributed by atoms with van der Waals surface area (Å²) in [6, 6.07) is 1.86. The molecule has 96 valence electrons. The van der Waals surface area contributed by atoms with E-state index in [-0.39, 0.29) is 29.8 Å². The van der Waals surface area contributed by atoms with Crippen LogP contribution in [-0.4, -0.2) is 40.1 Å². The summed E-state index contributed by atoms with van der Waals surface area (Å²) in [6.45, 7) is 5.63. The van der Waals surface area contributed by atoms with E-state index in [0.29, 0.717) is 12.2 Å². The molecule has 17 heavy (non-hydrogen) atoms. The van der Waals surface area contributed by atoms with Crippen LogP contribution in [0.5, 0.6) is 0 Å². The third-order valence-electron chi connectivity index (χ3n) is 3.33. The van der Waals surface area contributed by atoms with Gasteiger partial charge in [0.25, 0.3) is 5.91 Å². The number of nitrogens with one attached hydrogen (secondary N) is 1. The van der Waals surface area contributed by atoms with Crippen molar-refractivity contribution in [2.75, 3.05) is 13.1 Å². The summed E-state index contributed by atoms with van der Waals surface area (Å²) in [5, 5.41) is 6.49. The number of hydrogen-bond donors (Lipinski definition) is 2. The molecule has 6 heteroatoms. The fourth-order valence-electron chi connectivity index (χ4n) is 2.09. The maximum absolute atomic E-state index is 12.1. The lowest BCUT2D eigenvalue weighted by molar-refractivity contribution is 0.0527. The minimum atomic E-state index is -0.0199.